The standard InChI is InChI=1S/C12H20N6O/c1-5-12(2,3)13-6-7-18-11(19)9-8-14-17(4)10(9)15-16-18/h8,13H,5-7H2,1-4H3. The third kappa shape index (κ3) is 2.81. The fraction of sp³-hybridized carbons (Fsp3) is 0.667. The maximum atomic E-state index is 12.1. The molecule has 1 N–H and O–H groups in total. The van der Waals surface area contributed by atoms with Crippen LogP contribution in [0.15, 0.2) is 11.0 Å². The van der Waals surface area contributed by atoms with Gasteiger partial charge in [0.25, 0.3) is 5.56 Å². The Kier molecular flexibility index (Phi) is 3.66. The molecular weight excluding hydrogens is 244 g/mol. The Hall–Kier alpha value is -1.76. The van der Waals surface area contributed by atoms with Crippen molar-refractivity contribution in [3.8, 4) is 0 Å². The SMILES string of the molecule is CCC(C)(C)NCCn1nnc2c(cnn2C)c1=O. The van der Waals surface area contributed by atoms with Crippen LogP contribution < -0.4 is 10.9 Å². The molecule has 0 aliphatic rings. The summed E-state index contributed by atoms with van der Waals surface area (Å²) in [6, 6.07) is 0. The predicted octanol–water partition coefficient (Wildman–Crippen LogP) is 0.303. The highest BCUT2D eigenvalue weighted by molar-refractivity contribution is 5.72. The van der Waals surface area contributed by atoms with Crippen LogP contribution in [0.4, 0.5) is 0 Å². The third-order valence-electron chi connectivity index (χ3n) is 3.43. The monoisotopic (exact) mass is 264 g/mol. The van der Waals surface area contributed by atoms with Crippen molar-refractivity contribution in [2.75, 3.05) is 6.54 Å². The largest absolute Gasteiger partial charge is 0.310 e. The van der Waals surface area contributed by atoms with Crippen molar-refractivity contribution in [3.63, 3.8) is 0 Å². The van der Waals surface area contributed by atoms with E-state index in [9.17, 15) is 4.79 Å². The van der Waals surface area contributed by atoms with Crippen LogP contribution in [0.5, 0.6) is 0 Å². The van der Waals surface area contributed by atoms with Crippen molar-refractivity contribution in [1.82, 2.24) is 30.1 Å². The normalized spacial score (nSPS) is 12.2. The van der Waals surface area contributed by atoms with Crippen LogP contribution in [0.2, 0.25) is 0 Å². The smallest absolute Gasteiger partial charge is 0.280 e. The molecule has 0 aliphatic carbocycles. The molecule has 0 saturated carbocycles. The first kappa shape index (κ1) is 13.7. The van der Waals surface area contributed by atoms with Gasteiger partial charge in [0, 0.05) is 19.1 Å². The molecule has 0 fully saturated rings. The summed E-state index contributed by atoms with van der Waals surface area (Å²) in [5.74, 6) is 0. The lowest BCUT2D eigenvalue weighted by molar-refractivity contribution is 0.358. The van der Waals surface area contributed by atoms with Crippen molar-refractivity contribution < 1.29 is 0 Å². The highest BCUT2D eigenvalue weighted by Gasteiger charge is 2.14. The Morgan fingerprint density at radius 3 is 2.84 bits per heavy atom. The van der Waals surface area contributed by atoms with E-state index in [1.807, 2.05) is 0 Å². The van der Waals surface area contributed by atoms with Crippen LogP contribution >= 0.6 is 0 Å². The summed E-state index contributed by atoms with van der Waals surface area (Å²) in [5, 5.41) is 15.9. The van der Waals surface area contributed by atoms with Gasteiger partial charge in [-0.25, -0.2) is 9.36 Å². The molecule has 7 nitrogen and oxygen atoms in total. The molecule has 0 aromatic carbocycles. The zero-order valence-electron chi connectivity index (χ0n) is 11.8. The maximum absolute atomic E-state index is 12.1. The molecule has 0 saturated heterocycles. The summed E-state index contributed by atoms with van der Waals surface area (Å²) >= 11 is 0. The lowest BCUT2D eigenvalue weighted by Crippen LogP contribution is -2.41. The Bertz CT molecular complexity index is 627. The fourth-order valence-electron chi connectivity index (χ4n) is 1.75. The molecule has 19 heavy (non-hydrogen) atoms. The molecule has 2 rings (SSSR count). The van der Waals surface area contributed by atoms with Gasteiger partial charge in [-0.2, -0.15) is 5.10 Å². The second-order valence-electron chi connectivity index (χ2n) is 5.29. The van der Waals surface area contributed by atoms with Gasteiger partial charge in [0.2, 0.25) is 0 Å². The number of aryl methyl sites for hydroxylation is 1. The quantitative estimate of drug-likeness (QED) is 0.840. The summed E-state index contributed by atoms with van der Waals surface area (Å²) in [6.45, 7) is 7.57. The Morgan fingerprint density at radius 2 is 2.16 bits per heavy atom. The number of fused-ring (bicyclic) bond motifs is 1. The van der Waals surface area contributed by atoms with Crippen LogP contribution in [0, 0.1) is 0 Å². The lowest BCUT2D eigenvalue weighted by Gasteiger charge is -2.24. The molecule has 0 atom stereocenters. The van der Waals surface area contributed by atoms with Gasteiger partial charge in [-0.15, -0.1) is 5.10 Å². The number of rotatable bonds is 5. The molecule has 2 aromatic heterocycles. The second kappa shape index (κ2) is 5.08. The number of hydrogen-bond donors (Lipinski definition) is 1. The highest BCUT2D eigenvalue weighted by Crippen LogP contribution is 2.06. The molecule has 0 unspecified atom stereocenters. The zero-order valence-corrected chi connectivity index (χ0v) is 11.8. The van der Waals surface area contributed by atoms with E-state index >= 15 is 0 Å². The van der Waals surface area contributed by atoms with Gasteiger partial charge in [0.05, 0.1) is 12.7 Å². The molecule has 0 spiro atoms. The van der Waals surface area contributed by atoms with Crippen LogP contribution in [0.3, 0.4) is 0 Å². The van der Waals surface area contributed by atoms with Crippen LogP contribution in [-0.2, 0) is 13.6 Å². The van der Waals surface area contributed by atoms with Gasteiger partial charge < -0.3 is 5.32 Å². The van der Waals surface area contributed by atoms with Crippen molar-refractivity contribution >= 4 is 11.0 Å². The first-order valence-electron chi connectivity index (χ1n) is 6.45. The average Bonchev–Trinajstić information content (AvgIpc) is 2.75. The molecule has 2 aromatic rings. The van der Waals surface area contributed by atoms with E-state index in [2.05, 4.69) is 41.5 Å². The number of hydrogen-bond acceptors (Lipinski definition) is 5. The van der Waals surface area contributed by atoms with Crippen LogP contribution in [0.25, 0.3) is 11.0 Å². The Balaban J connectivity index is 2.14. The van der Waals surface area contributed by atoms with Gasteiger partial charge >= 0.3 is 0 Å². The topological polar surface area (TPSA) is 77.6 Å². The summed E-state index contributed by atoms with van der Waals surface area (Å²) < 4.78 is 2.93. The minimum absolute atomic E-state index is 0.0649. The molecule has 2 heterocycles. The Morgan fingerprint density at radius 1 is 1.42 bits per heavy atom. The number of nitrogens with zero attached hydrogens (tertiary/aromatic N) is 5. The van der Waals surface area contributed by atoms with E-state index in [1.54, 1.807) is 11.7 Å². The van der Waals surface area contributed by atoms with E-state index in [-0.39, 0.29) is 11.1 Å². The van der Waals surface area contributed by atoms with Gasteiger partial charge in [-0.1, -0.05) is 12.1 Å². The minimum Gasteiger partial charge on any atom is -0.310 e. The van der Waals surface area contributed by atoms with Crippen LogP contribution in [0.1, 0.15) is 27.2 Å². The van der Waals surface area contributed by atoms with Crippen molar-refractivity contribution in [2.24, 2.45) is 7.05 Å². The van der Waals surface area contributed by atoms with Gasteiger partial charge in [-0.05, 0) is 20.3 Å². The summed E-state index contributed by atoms with van der Waals surface area (Å²) in [4.78, 5) is 12.1. The first-order chi connectivity index (χ1) is 8.94. The summed E-state index contributed by atoms with van der Waals surface area (Å²) in [6.07, 6.45) is 2.56. The molecule has 7 heteroatoms. The summed E-state index contributed by atoms with van der Waals surface area (Å²) in [7, 11) is 1.74. The van der Waals surface area contributed by atoms with E-state index in [0.29, 0.717) is 24.1 Å². The minimum atomic E-state index is -0.144. The van der Waals surface area contributed by atoms with Gasteiger partial charge in [-0.3, -0.25) is 4.79 Å². The molecule has 104 valence electrons. The van der Waals surface area contributed by atoms with E-state index in [4.69, 9.17) is 0 Å². The molecule has 0 amide bonds. The molecule has 0 radical (unpaired) electrons. The molecule has 0 bridgehead atoms. The van der Waals surface area contributed by atoms with E-state index in [1.165, 1.54) is 10.9 Å². The fourth-order valence-corrected chi connectivity index (χ4v) is 1.75. The van der Waals surface area contributed by atoms with Gasteiger partial charge in [0.1, 0.15) is 5.39 Å². The second-order valence-corrected chi connectivity index (χ2v) is 5.29. The number of aromatic nitrogens is 5. The van der Waals surface area contributed by atoms with Gasteiger partial charge in [0.15, 0.2) is 5.65 Å². The highest BCUT2D eigenvalue weighted by atomic mass is 16.1. The Labute approximate surface area is 111 Å². The van der Waals surface area contributed by atoms with Crippen LogP contribution in [-0.4, -0.2) is 36.9 Å². The molecule has 0 aliphatic heterocycles. The third-order valence-corrected chi connectivity index (χ3v) is 3.43. The predicted molar refractivity (Wildman–Crippen MR) is 72.9 cm³/mol. The maximum Gasteiger partial charge on any atom is 0.280 e. The average molecular weight is 264 g/mol. The lowest BCUT2D eigenvalue weighted by atomic mass is 10.0. The summed E-state index contributed by atoms with van der Waals surface area (Å²) in [5.41, 5.74) is 0.437. The zero-order chi connectivity index (χ0) is 14.0. The van der Waals surface area contributed by atoms with E-state index < -0.39 is 0 Å². The molecular formula is C12H20N6O. The number of nitrogens with one attached hydrogen (secondary N) is 1. The van der Waals surface area contributed by atoms with Crippen molar-refractivity contribution in [2.45, 2.75) is 39.3 Å². The van der Waals surface area contributed by atoms with E-state index in [0.717, 1.165) is 6.42 Å². The first-order valence-corrected chi connectivity index (χ1v) is 6.45. The van der Waals surface area contributed by atoms with Crippen molar-refractivity contribution in [1.29, 1.82) is 0 Å². The van der Waals surface area contributed by atoms with Crippen molar-refractivity contribution in [3.05, 3.63) is 16.6 Å².